The van der Waals surface area contributed by atoms with E-state index in [1.165, 1.54) is 6.07 Å². The first-order valence-corrected chi connectivity index (χ1v) is 9.80. The number of aromatic nitrogens is 1. The van der Waals surface area contributed by atoms with Gasteiger partial charge in [-0.3, -0.25) is 14.6 Å². The Balaban J connectivity index is 2.06. The van der Waals surface area contributed by atoms with E-state index in [1.807, 2.05) is 0 Å². The smallest absolute Gasteiger partial charge is 0.417 e. The molecule has 1 aromatic heterocycles. The van der Waals surface area contributed by atoms with Crippen molar-refractivity contribution in [3.05, 3.63) is 53.6 Å². The lowest BCUT2D eigenvalue weighted by Crippen LogP contribution is -2.47. The number of carbonyl (C=O) groups is 2. The molecule has 1 aliphatic rings. The summed E-state index contributed by atoms with van der Waals surface area (Å²) in [6.45, 7) is -1.53. The topological polar surface area (TPSA) is 104 Å². The van der Waals surface area contributed by atoms with Gasteiger partial charge in [0.25, 0.3) is 11.8 Å². The number of hydrogen-bond acceptors (Lipinski definition) is 5. The minimum atomic E-state index is -4.95. The van der Waals surface area contributed by atoms with E-state index in [2.05, 4.69) is 15.0 Å². The second-order valence-corrected chi connectivity index (χ2v) is 7.80. The van der Waals surface area contributed by atoms with E-state index < -0.39 is 59.7 Å². The standard InChI is InChI=1S/C21H19F6N3O4/c1-9-15(12-4-3-10(22)7-14(12)33-19(23)24)16(34-20(9,2)21(25,26)27)18(32)30-11-5-6-29-13(8-11)17(28)31/h3-9,15-16,19H,1-2H3,(H2,28,31)(H,29,30,32)/t9-,15+,16-,20-/m0/s1. The first-order valence-electron chi connectivity index (χ1n) is 9.80. The van der Waals surface area contributed by atoms with Crippen molar-refractivity contribution in [1.29, 1.82) is 0 Å². The Morgan fingerprint density at radius 2 is 1.91 bits per heavy atom. The zero-order chi connectivity index (χ0) is 25.4. The van der Waals surface area contributed by atoms with Crippen LogP contribution in [0, 0.1) is 11.7 Å². The fourth-order valence-corrected chi connectivity index (χ4v) is 3.86. The highest BCUT2D eigenvalue weighted by molar-refractivity contribution is 5.97. The number of primary amides is 1. The van der Waals surface area contributed by atoms with Crippen molar-refractivity contribution < 1.29 is 45.4 Å². The summed E-state index contributed by atoms with van der Waals surface area (Å²) < 4.78 is 90.9. The molecule has 184 valence electrons. The lowest BCUT2D eigenvalue weighted by atomic mass is 9.77. The van der Waals surface area contributed by atoms with Gasteiger partial charge in [-0.05, 0) is 25.1 Å². The molecule has 7 nitrogen and oxygen atoms in total. The Kier molecular flexibility index (Phi) is 6.78. The summed E-state index contributed by atoms with van der Waals surface area (Å²) in [4.78, 5) is 28.0. The molecule has 1 saturated heterocycles. The number of nitrogens with zero attached hydrogens (tertiary/aromatic N) is 1. The van der Waals surface area contributed by atoms with Gasteiger partial charge in [0.15, 0.2) is 5.60 Å². The monoisotopic (exact) mass is 491 g/mol. The van der Waals surface area contributed by atoms with Crippen LogP contribution in [0.25, 0.3) is 0 Å². The van der Waals surface area contributed by atoms with Gasteiger partial charge in [-0.2, -0.15) is 22.0 Å². The van der Waals surface area contributed by atoms with Gasteiger partial charge in [0, 0.05) is 35.3 Å². The van der Waals surface area contributed by atoms with Gasteiger partial charge < -0.3 is 20.5 Å². The van der Waals surface area contributed by atoms with Crippen molar-refractivity contribution in [3.63, 3.8) is 0 Å². The molecule has 0 radical (unpaired) electrons. The van der Waals surface area contributed by atoms with Gasteiger partial charge >= 0.3 is 12.8 Å². The number of amides is 2. The van der Waals surface area contributed by atoms with Crippen molar-refractivity contribution in [1.82, 2.24) is 4.98 Å². The highest BCUT2D eigenvalue weighted by atomic mass is 19.4. The Hall–Kier alpha value is -3.35. The lowest BCUT2D eigenvalue weighted by molar-refractivity contribution is -0.272. The average Bonchev–Trinajstić information content (AvgIpc) is 3.00. The molecule has 3 rings (SSSR count). The Morgan fingerprint density at radius 3 is 2.50 bits per heavy atom. The zero-order valence-corrected chi connectivity index (χ0v) is 17.7. The van der Waals surface area contributed by atoms with Crippen LogP contribution < -0.4 is 15.8 Å². The normalized spacial score (nSPS) is 24.8. The average molecular weight is 491 g/mol. The van der Waals surface area contributed by atoms with E-state index in [4.69, 9.17) is 10.5 Å². The number of pyridine rings is 1. The van der Waals surface area contributed by atoms with Gasteiger partial charge in [-0.25, -0.2) is 4.39 Å². The van der Waals surface area contributed by atoms with Crippen LogP contribution in [0.3, 0.4) is 0 Å². The molecule has 13 heteroatoms. The number of anilines is 1. The molecule has 0 spiro atoms. The number of rotatable bonds is 6. The summed E-state index contributed by atoms with van der Waals surface area (Å²) in [5.74, 6) is -6.62. The Labute approximate surface area is 189 Å². The maximum atomic E-state index is 13.9. The van der Waals surface area contributed by atoms with Crippen LogP contribution in [0.2, 0.25) is 0 Å². The van der Waals surface area contributed by atoms with E-state index in [0.29, 0.717) is 6.07 Å². The van der Waals surface area contributed by atoms with Crippen molar-refractivity contribution in [2.45, 2.75) is 44.3 Å². The molecule has 0 unspecified atom stereocenters. The molecule has 0 bridgehead atoms. The number of benzene rings is 1. The molecule has 1 fully saturated rings. The summed E-state index contributed by atoms with van der Waals surface area (Å²) in [7, 11) is 0. The summed E-state index contributed by atoms with van der Waals surface area (Å²) >= 11 is 0. The van der Waals surface area contributed by atoms with Crippen molar-refractivity contribution in [2.75, 3.05) is 5.32 Å². The molecule has 2 amide bonds. The van der Waals surface area contributed by atoms with E-state index in [1.54, 1.807) is 0 Å². The maximum Gasteiger partial charge on any atom is 0.417 e. The third kappa shape index (κ3) is 4.79. The van der Waals surface area contributed by atoms with Gasteiger partial charge in [0.05, 0.1) is 0 Å². The molecule has 2 aromatic rings. The lowest BCUT2D eigenvalue weighted by Gasteiger charge is -2.32. The molecule has 0 saturated carbocycles. The third-order valence-corrected chi connectivity index (χ3v) is 5.76. The van der Waals surface area contributed by atoms with Crippen molar-refractivity contribution >= 4 is 17.5 Å². The van der Waals surface area contributed by atoms with Crippen LogP contribution >= 0.6 is 0 Å². The van der Waals surface area contributed by atoms with Crippen LogP contribution in [0.5, 0.6) is 5.75 Å². The number of ether oxygens (including phenoxy) is 2. The second-order valence-electron chi connectivity index (χ2n) is 7.80. The maximum absolute atomic E-state index is 13.9. The second kappa shape index (κ2) is 9.12. The molecule has 34 heavy (non-hydrogen) atoms. The van der Waals surface area contributed by atoms with Crippen LogP contribution in [-0.2, 0) is 9.53 Å². The van der Waals surface area contributed by atoms with Gasteiger partial charge in [-0.15, -0.1) is 0 Å². The third-order valence-electron chi connectivity index (χ3n) is 5.76. The number of halogens is 6. The minimum Gasteiger partial charge on any atom is -0.434 e. The summed E-state index contributed by atoms with van der Waals surface area (Å²) in [5.41, 5.74) is 1.77. The molecule has 4 atom stereocenters. The Morgan fingerprint density at radius 1 is 1.24 bits per heavy atom. The SMILES string of the molecule is C[C@H]1[C@H](c2ccc(F)cc2OC(F)F)[C@@H](C(=O)Nc2ccnc(C(N)=O)c2)O[C@]1(C)C(F)(F)F. The number of nitrogens with one attached hydrogen (secondary N) is 1. The predicted molar refractivity (Wildman–Crippen MR) is 106 cm³/mol. The van der Waals surface area contributed by atoms with Crippen molar-refractivity contribution in [2.24, 2.45) is 11.7 Å². The molecule has 1 aliphatic heterocycles. The molecular weight excluding hydrogens is 472 g/mol. The summed E-state index contributed by atoms with van der Waals surface area (Å²) in [5, 5.41) is 2.32. The zero-order valence-electron chi connectivity index (χ0n) is 17.7. The number of carbonyl (C=O) groups excluding carboxylic acids is 2. The summed E-state index contributed by atoms with van der Waals surface area (Å²) in [6, 6.07) is 4.76. The fourth-order valence-electron chi connectivity index (χ4n) is 3.86. The predicted octanol–water partition coefficient (Wildman–Crippen LogP) is 4.00. The largest absolute Gasteiger partial charge is 0.434 e. The Bertz CT molecular complexity index is 1100. The summed E-state index contributed by atoms with van der Waals surface area (Å²) in [6.07, 6.45) is -5.66. The number of hydrogen-bond donors (Lipinski definition) is 2. The van der Waals surface area contributed by atoms with Crippen LogP contribution in [-0.4, -0.2) is 41.3 Å². The van der Waals surface area contributed by atoms with Crippen LogP contribution in [0.1, 0.15) is 35.8 Å². The van der Waals surface area contributed by atoms with E-state index in [9.17, 15) is 35.9 Å². The van der Waals surface area contributed by atoms with E-state index >= 15 is 0 Å². The van der Waals surface area contributed by atoms with Crippen LogP contribution in [0.4, 0.5) is 32.0 Å². The molecule has 1 aromatic carbocycles. The molecular formula is C21H19F6N3O4. The van der Waals surface area contributed by atoms with Crippen molar-refractivity contribution in [3.8, 4) is 5.75 Å². The van der Waals surface area contributed by atoms with Gasteiger partial charge in [0.1, 0.15) is 23.4 Å². The first kappa shape index (κ1) is 25.3. The minimum absolute atomic E-state index is 0.0208. The van der Waals surface area contributed by atoms with Crippen LogP contribution in [0.15, 0.2) is 36.5 Å². The van der Waals surface area contributed by atoms with E-state index in [0.717, 1.165) is 38.2 Å². The first-order chi connectivity index (χ1) is 15.7. The quantitative estimate of drug-likeness (QED) is 0.595. The highest BCUT2D eigenvalue weighted by Crippen LogP contribution is 2.54. The van der Waals surface area contributed by atoms with Gasteiger partial charge in [0.2, 0.25) is 0 Å². The highest BCUT2D eigenvalue weighted by Gasteiger charge is 2.65. The molecule has 0 aliphatic carbocycles. The van der Waals surface area contributed by atoms with Gasteiger partial charge in [-0.1, -0.05) is 13.0 Å². The van der Waals surface area contributed by atoms with E-state index in [-0.39, 0.29) is 16.9 Å². The fraction of sp³-hybridized carbons (Fsp3) is 0.381. The number of nitrogens with two attached hydrogens (primary N) is 1. The molecule has 2 heterocycles. The number of alkyl halides is 5. The molecule has 3 N–H and O–H groups in total.